The van der Waals surface area contributed by atoms with Crippen LogP contribution in [0.3, 0.4) is 0 Å². The molecule has 0 fully saturated rings. The highest BCUT2D eigenvalue weighted by molar-refractivity contribution is 6.09. The Hall–Kier alpha value is -2.81. The summed E-state index contributed by atoms with van der Waals surface area (Å²) < 4.78 is 0. The standard InChI is InChI=1S/C22H23N3/c1-3-15(2)16-10-12-19(13-11-16)24-22(23)25-14-18-8-4-6-17-7-5-9-20(25)21(17)18/h4-13,15H,3,14H2,1-2H3,(H2,23,24). The monoisotopic (exact) mass is 329 g/mol. The van der Waals surface area contributed by atoms with Crippen molar-refractivity contribution in [3.63, 3.8) is 0 Å². The molecule has 3 nitrogen and oxygen atoms in total. The summed E-state index contributed by atoms with van der Waals surface area (Å²) in [6.45, 7) is 5.23. The van der Waals surface area contributed by atoms with Gasteiger partial charge >= 0.3 is 0 Å². The quantitative estimate of drug-likeness (QED) is 0.522. The Bertz CT molecular complexity index is 936. The van der Waals surface area contributed by atoms with Crippen LogP contribution in [-0.2, 0) is 6.54 Å². The van der Waals surface area contributed by atoms with Crippen LogP contribution >= 0.6 is 0 Å². The fraction of sp³-hybridized carbons (Fsp3) is 0.227. The van der Waals surface area contributed by atoms with Crippen molar-refractivity contribution in [2.24, 2.45) is 10.7 Å². The lowest BCUT2D eigenvalue weighted by molar-refractivity contribution is 0.734. The van der Waals surface area contributed by atoms with E-state index in [1.165, 1.54) is 21.9 Å². The van der Waals surface area contributed by atoms with Crippen LogP contribution < -0.4 is 10.6 Å². The fourth-order valence-corrected chi connectivity index (χ4v) is 3.52. The van der Waals surface area contributed by atoms with E-state index >= 15 is 0 Å². The number of aliphatic imine (C=N–C) groups is 1. The van der Waals surface area contributed by atoms with Gasteiger partial charge in [0.05, 0.1) is 17.9 Å². The molecular formula is C22H23N3. The van der Waals surface area contributed by atoms with Crippen LogP contribution in [0.5, 0.6) is 0 Å². The van der Waals surface area contributed by atoms with Crippen molar-refractivity contribution >= 4 is 28.1 Å². The summed E-state index contributed by atoms with van der Waals surface area (Å²) in [7, 11) is 0. The molecular weight excluding hydrogens is 306 g/mol. The molecule has 4 rings (SSSR count). The number of anilines is 1. The third-order valence-corrected chi connectivity index (χ3v) is 5.18. The second kappa shape index (κ2) is 6.25. The third-order valence-electron chi connectivity index (χ3n) is 5.18. The Morgan fingerprint density at radius 1 is 1.08 bits per heavy atom. The summed E-state index contributed by atoms with van der Waals surface area (Å²) in [4.78, 5) is 6.76. The molecule has 3 heteroatoms. The number of guanidine groups is 1. The molecule has 0 aliphatic carbocycles. The van der Waals surface area contributed by atoms with E-state index in [1.807, 2.05) is 0 Å². The lowest BCUT2D eigenvalue weighted by Crippen LogP contribution is -2.34. The highest BCUT2D eigenvalue weighted by Crippen LogP contribution is 2.37. The number of nitrogens with two attached hydrogens (primary N) is 1. The molecule has 25 heavy (non-hydrogen) atoms. The molecule has 1 aliphatic rings. The molecule has 0 saturated heterocycles. The number of nitrogens with zero attached hydrogens (tertiary/aromatic N) is 2. The second-order valence-corrected chi connectivity index (χ2v) is 6.75. The van der Waals surface area contributed by atoms with E-state index in [4.69, 9.17) is 5.73 Å². The summed E-state index contributed by atoms with van der Waals surface area (Å²) in [5.74, 6) is 1.11. The first-order valence-corrected chi connectivity index (χ1v) is 8.89. The second-order valence-electron chi connectivity index (χ2n) is 6.75. The summed E-state index contributed by atoms with van der Waals surface area (Å²) in [6, 6.07) is 21.2. The highest BCUT2D eigenvalue weighted by atomic mass is 15.3. The summed E-state index contributed by atoms with van der Waals surface area (Å²) in [5.41, 5.74) is 11.1. The van der Waals surface area contributed by atoms with Crippen LogP contribution in [-0.4, -0.2) is 5.96 Å². The zero-order valence-corrected chi connectivity index (χ0v) is 14.7. The number of benzene rings is 3. The Kier molecular flexibility index (Phi) is 3.92. The van der Waals surface area contributed by atoms with Gasteiger partial charge in [-0.1, -0.05) is 56.3 Å². The molecule has 0 bridgehead atoms. The molecule has 2 N–H and O–H groups in total. The van der Waals surface area contributed by atoms with Gasteiger partial charge in [-0.05, 0) is 47.1 Å². The minimum absolute atomic E-state index is 0.542. The topological polar surface area (TPSA) is 41.6 Å². The van der Waals surface area contributed by atoms with Crippen LogP contribution in [0.2, 0.25) is 0 Å². The Morgan fingerprint density at radius 2 is 1.80 bits per heavy atom. The summed E-state index contributed by atoms with van der Waals surface area (Å²) in [5, 5.41) is 2.54. The maximum Gasteiger partial charge on any atom is 0.201 e. The van der Waals surface area contributed by atoms with Gasteiger partial charge in [0.2, 0.25) is 5.96 Å². The first kappa shape index (κ1) is 15.7. The van der Waals surface area contributed by atoms with Crippen molar-refractivity contribution in [1.29, 1.82) is 0 Å². The molecule has 3 aromatic rings. The van der Waals surface area contributed by atoms with E-state index in [9.17, 15) is 0 Å². The van der Waals surface area contributed by atoms with E-state index in [0.29, 0.717) is 11.9 Å². The van der Waals surface area contributed by atoms with Crippen LogP contribution in [0.15, 0.2) is 65.7 Å². The van der Waals surface area contributed by atoms with Gasteiger partial charge in [0.1, 0.15) is 0 Å². The predicted octanol–water partition coefficient (Wildman–Crippen LogP) is 5.32. The minimum atomic E-state index is 0.542. The smallest absolute Gasteiger partial charge is 0.201 e. The molecule has 1 aliphatic heterocycles. The van der Waals surface area contributed by atoms with Crippen molar-refractivity contribution in [1.82, 2.24) is 0 Å². The summed E-state index contributed by atoms with van der Waals surface area (Å²) in [6.07, 6.45) is 1.14. The molecule has 3 aromatic carbocycles. The Balaban J connectivity index is 1.65. The number of hydrogen-bond acceptors (Lipinski definition) is 1. The van der Waals surface area contributed by atoms with Gasteiger partial charge in [-0.3, -0.25) is 0 Å². The fourth-order valence-electron chi connectivity index (χ4n) is 3.52. The van der Waals surface area contributed by atoms with Crippen LogP contribution in [0.1, 0.15) is 37.3 Å². The molecule has 0 aromatic heterocycles. The predicted molar refractivity (Wildman–Crippen MR) is 107 cm³/mol. The molecule has 1 atom stereocenters. The van der Waals surface area contributed by atoms with Crippen LogP contribution in [0.25, 0.3) is 10.8 Å². The first-order chi connectivity index (χ1) is 12.2. The molecule has 0 saturated carbocycles. The normalized spacial score (nSPS) is 15.0. The van der Waals surface area contributed by atoms with Crippen LogP contribution in [0.4, 0.5) is 11.4 Å². The largest absolute Gasteiger partial charge is 0.369 e. The minimum Gasteiger partial charge on any atom is -0.369 e. The lowest BCUT2D eigenvalue weighted by atomic mass is 9.99. The first-order valence-electron chi connectivity index (χ1n) is 8.89. The third kappa shape index (κ3) is 2.76. The zero-order chi connectivity index (χ0) is 17.4. The Labute approximate surface area is 148 Å². The summed E-state index contributed by atoms with van der Waals surface area (Å²) >= 11 is 0. The average molecular weight is 329 g/mol. The maximum atomic E-state index is 6.37. The van der Waals surface area contributed by atoms with E-state index in [2.05, 4.69) is 84.4 Å². The van der Waals surface area contributed by atoms with Gasteiger partial charge in [0.15, 0.2) is 0 Å². The van der Waals surface area contributed by atoms with E-state index in [0.717, 1.165) is 24.3 Å². The van der Waals surface area contributed by atoms with Crippen molar-refractivity contribution in [3.05, 3.63) is 71.8 Å². The zero-order valence-electron chi connectivity index (χ0n) is 14.7. The van der Waals surface area contributed by atoms with Gasteiger partial charge in [0.25, 0.3) is 0 Å². The van der Waals surface area contributed by atoms with E-state index in [-0.39, 0.29) is 0 Å². The Morgan fingerprint density at radius 3 is 2.52 bits per heavy atom. The molecule has 126 valence electrons. The van der Waals surface area contributed by atoms with E-state index in [1.54, 1.807) is 0 Å². The number of rotatable bonds is 3. The molecule has 0 radical (unpaired) electrons. The van der Waals surface area contributed by atoms with E-state index < -0.39 is 0 Å². The van der Waals surface area contributed by atoms with Crippen molar-refractivity contribution in [2.45, 2.75) is 32.7 Å². The average Bonchev–Trinajstić information content (AvgIpc) is 3.03. The number of hydrogen-bond donors (Lipinski definition) is 1. The van der Waals surface area contributed by atoms with Gasteiger partial charge in [0, 0.05) is 5.39 Å². The van der Waals surface area contributed by atoms with Gasteiger partial charge in [-0.25, -0.2) is 4.99 Å². The van der Waals surface area contributed by atoms with Crippen molar-refractivity contribution in [3.8, 4) is 0 Å². The molecule has 0 amide bonds. The van der Waals surface area contributed by atoms with Crippen molar-refractivity contribution < 1.29 is 0 Å². The lowest BCUT2D eigenvalue weighted by Gasteiger charge is -2.18. The molecule has 0 spiro atoms. The SMILES string of the molecule is CCC(C)c1ccc(N=C(N)N2Cc3cccc4cccc2c34)cc1. The van der Waals surface area contributed by atoms with Gasteiger partial charge in [-0.15, -0.1) is 0 Å². The van der Waals surface area contributed by atoms with Crippen LogP contribution in [0, 0.1) is 0 Å². The van der Waals surface area contributed by atoms with Crippen molar-refractivity contribution in [2.75, 3.05) is 4.90 Å². The van der Waals surface area contributed by atoms with Gasteiger partial charge < -0.3 is 10.6 Å². The molecule has 1 heterocycles. The van der Waals surface area contributed by atoms with Gasteiger partial charge in [-0.2, -0.15) is 0 Å². The maximum absolute atomic E-state index is 6.37. The highest BCUT2D eigenvalue weighted by Gasteiger charge is 2.23. The molecule has 1 unspecified atom stereocenters.